The molecule has 2 rings (SSSR count). The number of rotatable bonds is 6. The highest BCUT2D eigenvalue weighted by atomic mass is 35.5. The van der Waals surface area contributed by atoms with Gasteiger partial charge in [0.25, 0.3) is 0 Å². The molecule has 0 unspecified atom stereocenters. The molecule has 6 heteroatoms. The summed E-state index contributed by atoms with van der Waals surface area (Å²) in [5.41, 5.74) is 1.18. The van der Waals surface area contributed by atoms with Crippen LogP contribution in [0.2, 0.25) is 5.02 Å². The SMILES string of the molecule is CCCN(Cc1ccccc1C#N)S(=O)(=O)c1ccc(Cl)cc1. The predicted octanol–water partition coefficient (Wildman–Crippen LogP) is 3.81. The van der Waals surface area contributed by atoms with E-state index in [0.29, 0.717) is 29.1 Å². The molecule has 0 fully saturated rings. The van der Waals surface area contributed by atoms with Crippen LogP contribution in [-0.4, -0.2) is 19.3 Å². The highest BCUT2D eigenvalue weighted by Gasteiger charge is 2.24. The van der Waals surface area contributed by atoms with Crippen molar-refractivity contribution in [1.29, 1.82) is 5.26 Å². The maximum atomic E-state index is 12.8. The van der Waals surface area contributed by atoms with Crippen LogP contribution in [0.25, 0.3) is 0 Å². The first-order chi connectivity index (χ1) is 11.0. The zero-order chi connectivity index (χ0) is 16.9. The molecule has 0 atom stereocenters. The summed E-state index contributed by atoms with van der Waals surface area (Å²) in [5.74, 6) is 0. The average Bonchev–Trinajstić information content (AvgIpc) is 2.55. The van der Waals surface area contributed by atoms with Gasteiger partial charge >= 0.3 is 0 Å². The first-order valence-corrected chi connectivity index (χ1v) is 9.04. The van der Waals surface area contributed by atoms with Gasteiger partial charge in [-0.2, -0.15) is 9.57 Å². The summed E-state index contributed by atoms with van der Waals surface area (Å²) >= 11 is 5.83. The van der Waals surface area contributed by atoms with Crippen LogP contribution in [0.5, 0.6) is 0 Å². The summed E-state index contributed by atoms with van der Waals surface area (Å²) in [6, 6.07) is 15.2. The summed E-state index contributed by atoms with van der Waals surface area (Å²) in [6.07, 6.45) is 0.682. The summed E-state index contributed by atoms with van der Waals surface area (Å²) in [7, 11) is -3.64. The molecule has 0 spiro atoms. The summed E-state index contributed by atoms with van der Waals surface area (Å²) in [4.78, 5) is 0.199. The number of nitrogens with zero attached hydrogens (tertiary/aromatic N) is 2. The Morgan fingerprint density at radius 1 is 1.13 bits per heavy atom. The van der Waals surface area contributed by atoms with Gasteiger partial charge in [-0.3, -0.25) is 0 Å². The third-order valence-corrected chi connectivity index (χ3v) is 5.52. The minimum atomic E-state index is -3.64. The molecule has 4 nitrogen and oxygen atoms in total. The summed E-state index contributed by atoms with van der Waals surface area (Å²) < 4.78 is 27.1. The highest BCUT2D eigenvalue weighted by molar-refractivity contribution is 7.89. The number of halogens is 1. The van der Waals surface area contributed by atoms with Crippen LogP contribution in [0.3, 0.4) is 0 Å². The van der Waals surface area contributed by atoms with Crippen LogP contribution in [-0.2, 0) is 16.6 Å². The van der Waals surface area contributed by atoms with Crippen molar-refractivity contribution in [3.05, 3.63) is 64.7 Å². The first-order valence-electron chi connectivity index (χ1n) is 7.22. The van der Waals surface area contributed by atoms with Gasteiger partial charge in [-0.15, -0.1) is 0 Å². The van der Waals surface area contributed by atoms with Gasteiger partial charge in [-0.25, -0.2) is 8.42 Å². The van der Waals surface area contributed by atoms with E-state index in [1.54, 1.807) is 36.4 Å². The predicted molar refractivity (Wildman–Crippen MR) is 90.5 cm³/mol. The minimum absolute atomic E-state index is 0.169. The van der Waals surface area contributed by atoms with E-state index in [9.17, 15) is 13.7 Å². The molecule has 2 aromatic carbocycles. The van der Waals surface area contributed by atoms with Crippen LogP contribution in [0.15, 0.2) is 53.4 Å². The Labute approximate surface area is 142 Å². The average molecular weight is 349 g/mol. The van der Waals surface area contributed by atoms with Crippen molar-refractivity contribution in [1.82, 2.24) is 4.31 Å². The van der Waals surface area contributed by atoms with Gasteiger partial charge in [0, 0.05) is 18.1 Å². The number of hydrogen-bond donors (Lipinski definition) is 0. The molecule has 0 aliphatic carbocycles. The van der Waals surface area contributed by atoms with E-state index in [-0.39, 0.29) is 11.4 Å². The Balaban J connectivity index is 2.38. The molecule has 23 heavy (non-hydrogen) atoms. The fourth-order valence-corrected chi connectivity index (χ4v) is 3.88. The largest absolute Gasteiger partial charge is 0.243 e. The summed E-state index contributed by atoms with van der Waals surface area (Å²) in [5, 5.41) is 9.67. The van der Waals surface area contributed by atoms with Crippen LogP contribution < -0.4 is 0 Å². The summed E-state index contributed by atoms with van der Waals surface area (Å²) in [6.45, 7) is 2.47. The van der Waals surface area contributed by atoms with Crippen molar-refractivity contribution >= 4 is 21.6 Å². The standard InChI is InChI=1S/C17H17ClN2O2S/c1-2-11-20(13-15-6-4-3-5-14(15)12-19)23(21,22)17-9-7-16(18)8-10-17/h3-10H,2,11,13H2,1H3. The van der Waals surface area contributed by atoms with Crippen LogP contribution >= 0.6 is 11.6 Å². The second kappa shape index (κ2) is 7.60. The van der Waals surface area contributed by atoms with Gasteiger partial charge in [-0.05, 0) is 42.3 Å². The molecule has 0 saturated heterocycles. The quantitative estimate of drug-likeness (QED) is 0.797. The van der Waals surface area contributed by atoms with Crippen molar-refractivity contribution in [2.75, 3.05) is 6.54 Å². The van der Waals surface area contributed by atoms with Crippen LogP contribution in [0.4, 0.5) is 0 Å². The van der Waals surface area contributed by atoms with E-state index >= 15 is 0 Å². The Kier molecular flexibility index (Phi) is 5.78. The molecule has 0 aromatic heterocycles. The molecule has 0 bridgehead atoms. The molecule has 0 aliphatic rings. The van der Waals surface area contributed by atoms with Gasteiger partial charge in [-0.1, -0.05) is 36.7 Å². The molecular formula is C17H17ClN2O2S. The van der Waals surface area contributed by atoms with Gasteiger partial charge in [0.1, 0.15) is 0 Å². The lowest BCUT2D eigenvalue weighted by Crippen LogP contribution is -2.31. The van der Waals surface area contributed by atoms with Crippen LogP contribution in [0.1, 0.15) is 24.5 Å². The Hall–Kier alpha value is -1.87. The van der Waals surface area contributed by atoms with Crippen molar-refractivity contribution in [3.63, 3.8) is 0 Å². The van der Waals surface area contributed by atoms with Gasteiger partial charge in [0.2, 0.25) is 10.0 Å². The zero-order valence-corrected chi connectivity index (χ0v) is 14.3. The lowest BCUT2D eigenvalue weighted by atomic mass is 10.1. The molecule has 0 heterocycles. The van der Waals surface area contributed by atoms with Crippen molar-refractivity contribution in [3.8, 4) is 6.07 Å². The monoisotopic (exact) mass is 348 g/mol. The van der Waals surface area contributed by atoms with E-state index in [2.05, 4.69) is 6.07 Å². The van der Waals surface area contributed by atoms with E-state index in [4.69, 9.17) is 11.6 Å². The van der Waals surface area contributed by atoms with E-state index < -0.39 is 10.0 Å². The number of hydrogen-bond acceptors (Lipinski definition) is 3. The molecule has 0 N–H and O–H groups in total. The minimum Gasteiger partial charge on any atom is -0.207 e. The molecular weight excluding hydrogens is 332 g/mol. The molecule has 120 valence electrons. The first kappa shape index (κ1) is 17.5. The van der Waals surface area contributed by atoms with E-state index in [0.717, 1.165) is 0 Å². The normalized spacial score (nSPS) is 11.4. The van der Waals surface area contributed by atoms with E-state index in [1.807, 2.05) is 6.92 Å². The highest BCUT2D eigenvalue weighted by Crippen LogP contribution is 2.21. The van der Waals surface area contributed by atoms with Crippen LogP contribution in [0, 0.1) is 11.3 Å². The van der Waals surface area contributed by atoms with E-state index in [1.165, 1.54) is 16.4 Å². The second-order valence-electron chi connectivity index (χ2n) is 5.06. The maximum absolute atomic E-state index is 12.8. The lowest BCUT2D eigenvalue weighted by Gasteiger charge is -2.22. The number of benzene rings is 2. The van der Waals surface area contributed by atoms with Gasteiger partial charge in [0.15, 0.2) is 0 Å². The molecule has 0 amide bonds. The fraction of sp³-hybridized carbons (Fsp3) is 0.235. The Morgan fingerprint density at radius 3 is 2.39 bits per heavy atom. The van der Waals surface area contributed by atoms with Crippen molar-refractivity contribution in [2.24, 2.45) is 0 Å². The second-order valence-corrected chi connectivity index (χ2v) is 7.44. The topological polar surface area (TPSA) is 61.2 Å². The fourth-order valence-electron chi connectivity index (χ4n) is 2.25. The van der Waals surface area contributed by atoms with Gasteiger partial charge in [0.05, 0.1) is 16.5 Å². The Morgan fingerprint density at radius 2 is 1.78 bits per heavy atom. The number of sulfonamides is 1. The molecule has 0 radical (unpaired) electrons. The third-order valence-electron chi connectivity index (χ3n) is 3.41. The number of nitriles is 1. The molecule has 2 aromatic rings. The van der Waals surface area contributed by atoms with Crippen molar-refractivity contribution < 1.29 is 8.42 Å². The smallest absolute Gasteiger partial charge is 0.207 e. The third kappa shape index (κ3) is 4.11. The zero-order valence-electron chi connectivity index (χ0n) is 12.7. The lowest BCUT2D eigenvalue weighted by molar-refractivity contribution is 0.405. The molecule has 0 aliphatic heterocycles. The maximum Gasteiger partial charge on any atom is 0.243 e. The Bertz CT molecular complexity index is 811. The van der Waals surface area contributed by atoms with Crippen molar-refractivity contribution in [2.45, 2.75) is 24.8 Å². The van der Waals surface area contributed by atoms with Gasteiger partial charge < -0.3 is 0 Å². The molecule has 0 saturated carbocycles.